The fourth-order valence-corrected chi connectivity index (χ4v) is 3.91. The van der Waals surface area contributed by atoms with E-state index in [9.17, 15) is 9.59 Å². The van der Waals surface area contributed by atoms with Crippen molar-refractivity contribution in [2.24, 2.45) is 17.7 Å². The summed E-state index contributed by atoms with van der Waals surface area (Å²) in [5.41, 5.74) is 0. The summed E-state index contributed by atoms with van der Waals surface area (Å²) < 4.78 is 0. The van der Waals surface area contributed by atoms with Gasteiger partial charge in [0.1, 0.15) is 5.78 Å². The molecule has 1 aliphatic carbocycles. The molecule has 1 unspecified atom stereocenters. The zero-order chi connectivity index (χ0) is 16.8. The highest BCUT2D eigenvalue weighted by molar-refractivity contribution is 5.78. The number of Topliss-reactive ketones (excluding diaryl/α,β-unsaturated/α-hetero) is 1. The van der Waals surface area contributed by atoms with Crippen molar-refractivity contribution in [2.45, 2.75) is 39.5 Å². The van der Waals surface area contributed by atoms with Crippen LogP contribution in [-0.4, -0.2) is 72.3 Å². The van der Waals surface area contributed by atoms with Gasteiger partial charge in [0.25, 0.3) is 0 Å². The van der Waals surface area contributed by atoms with E-state index in [1.54, 1.807) is 13.8 Å². The van der Waals surface area contributed by atoms with Crippen LogP contribution in [0.5, 0.6) is 0 Å². The van der Waals surface area contributed by atoms with Crippen molar-refractivity contribution in [3.8, 4) is 0 Å². The smallest absolute Gasteiger partial charge is 0.219 e. The Bertz CT molecular complexity index is 407. The van der Waals surface area contributed by atoms with E-state index in [2.05, 4.69) is 4.90 Å². The van der Waals surface area contributed by atoms with Crippen LogP contribution in [0, 0.1) is 11.8 Å². The Morgan fingerprint density at radius 1 is 1.09 bits per heavy atom. The summed E-state index contributed by atoms with van der Waals surface area (Å²) in [6.45, 7) is 9.40. The van der Waals surface area contributed by atoms with Crippen LogP contribution in [0.25, 0.3) is 0 Å². The third kappa shape index (κ3) is 5.55. The highest BCUT2D eigenvalue weighted by atomic mass is 16.2. The summed E-state index contributed by atoms with van der Waals surface area (Å²) in [4.78, 5) is 27.4. The second-order valence-electron chi connectivity index (χ2n) is 7.10. The Morgan fingerprint density at radius 2 is 1.74 bits per heavy atom. The minimum absolute atomic E-state index is 0.165. The van der Waals surface area contributed by atoms with Crippen molar-refractivity contribution in [2.75, 3.05) is 45.8 Å². The van der Waals surface area contributed by atoms with Crippen LogP contribution >= 0.6 is 0 Å². The molecule has 6 nitrogen and oxygen atoms in total. The third-order valence-electron chi connectivity index (χ3n) is 5.42. The first-order valence-electron chi connectivity index (χ1n) is 8.95. The van der Waals surface area contributed by atoms with Crippen LogP contribution in [0.3, 0.4) is 0 Å². The molecule has 0 aromatic heterocycles. The average Bonchev–Trinajstić information content (AvgIpc) is 2.53. The molecule has 0 radical (unpaired) electrons. The van der Waals surface area contributed by atoms with Crippen molar-refractivity contribution in [1.29, 1.82) is 0 Å². The number of nitrogens with two attached hydrogens (primary N) is 1. The molecule has 0 spiro atoms. The third-order valence-corrected chi connectivity index (χ3v) is 5.42. The first-order valence-corrected chi connectivity index (χ1v) is 8.95. The van der Waals surface area contributed by atoms with Gasteiger partial charge in [-0.25, -0.2) is 5.01 Å². The Hall–Kier alpha value is -0.980. The Balaban J connectivity index is 1.69. The minimum Gasteiger partial charge on any atom is -0.340 e. The summed E-state index contributed by atoms with van der Waals surface area (Å²) >= 11 is 0. The predicted octanol–water partition coefficient (Wildman–Crippen LogP) is 0.722. The molecular formula is C17H32N4O2. The van der Waals surface area contributed by atoms with Crippen LogP contribution in [-0.2, 0) is 9.59 Å². The van der Waals surface area contributed by atoms with Crippen molar-refractivity contribution >= 4 is 11.7 Å². The van der Waals surface area contributed by atoms with E-state index in [1.165, 1.54) is 12.8 Å². The molecule has 2 aliphatic rings. The lowest BCUT2D eigenvalue weighted by Gasteiger charge is -2.36. The molecule has 23 heavy (non-hydrogen) atoms. The van der Waals surface area contributed by atoms with Crippen molar-refractivity contribution < 1.29 is 9.59 Å². The Morgan fingerprint density at radius 3 is 2.35 bits per heavy atom. The second kappa shape index (κ2) is 8.76. The van der Waals surface area contributed by atoms with Crippen LogP contribution in [0.15, 0.2) is 0 Å². The second-order valence-corrected chi connectivity index (χ2v) is 7.10. The molecule has 1 aliphatic heterocycles. The van der Waals surface area contributed by atoms with Gasteiger partial charge in [-0.1, -0.05) is 12.8 Å². The molecule has 0 aromatic rings. The number of carbonyl (C=O) groups excluding carboxylic acids is 2. The number of nitrogens with zero attached hydrogens (tertiary/aromatic N) is 3. The number of hydrazine groups is 1. The molecule has 2 atom stereocenters. The van der Waals surface area contributed by atoms with Crippen LogP contribution in [0.2, 0.25) is 0 Å². The summed E-state index contributed by atoms with van der Waals surface area (Å²) in [6.07, 6.45) is 4.54. The lowest BCUT2D eigenvalue weighted by molar-refractivity contribution is -0.130. The normalized spacial score (nSPS) is 26.5. The Kier molecular flexibility index (Phi) is 6.99. The maximum atomic E-state index is 11.8. The standard InChI is InChI=1S/C17H32N4O2/c1-14(22)17-6-4-3-5-16(17)13-21(18)12-9-19-7-10-20(11-8-19)15(2)23/h16-17H,3-13,18H2,1-2H3/t16?,17-/m0/s1. The van der Waals surface area contributed by atoms with Crippen LogP contribution in [0.1, 0.15) is 39.5 Å². The topological polar surface area (TPSA) is 69.9 Å². The number of amides is 1. The molecule has 1 amide bonds. The van der Waals surface area contributed by atoms with Gasteiger partial charge in [0.2, 0.25) is 5.91 Å². The van der Waals surface area contributed by atoms with E-state index in [1.807, 2.05) is 9.91 Å². The van der Waals surface area contributed by atoms with E-state index < -0.39 is 0 Å². The fourth-order valence-electron chi connectivity index (χ4n) is 3.91. The molecule has 0 aromatic carbocycles. The first-order chi connectivity index (χ1) is 11.0. The molecular weight excluding hydrogens is 292 g/mol. The fraction of sp³-hybridized carbons (Fsp3) is 0.882. The molecule has 132 valence electrons. The van der Waals surface area contributed by atoms with Crippen LogP contribution in [0.4, 0.5) is 0 Å². The molecule has 1 saturated heterocycles. The molecule has 2 rings (SSSR count). The van der Waals surface area contributed by atoms with Gasteiger partial charge in [-0.3, -0.25) is 20.3 Å². The highest BCUT2D eigenvalue weighted by Crippen LogP contribution is 2.30. The lowest BCUT2D eigenvalue weighted by Crippen LogP contribution is -2.51. The van der Waals surface area contributed by atoms with Crippen molar-refractivity contribution in [3.05, 3.63) is 0 Å². The Labute approximate surface area is 139 Å². The SMILES string of the molecule is CC(=O)[C@@H]1CCCCC1CN(N)CCN1CCN(C(C)=O)CC1. The first kappa shape index (κ1) is 18.4. The van der Waals surface area contributed by atoms with E-state index in [-0.39, 0.29) is 11.8 Å². The average molecular weight is 324 g/mol. The number of rotatable bonds is 6. The summed E-state index contributed by atoms with van der Waals surface area (Å²) in [6, 6.07) is 0. The van der Waals surface area contributed by atoms with Gasteiger partial charge in [0.05, 0.1) is 0 Å². The molecule has 2 fully saturated rings. The van der Waals surface area contributed by atoms with E-state index in [4.69, 9.17) is 5.84 Å². The van der Waals surface area contributed by atoms with E-state index in [0.29, 0.717) is 11.7 Å². The number of ketones is 1. The predicted molar refractivity (Wildman–Crippen MR) is 90.6 cm³/mol. The van der Waals surface area contributed by atoms with Gasteiger partial charge in [0.15, 0.2) is 0 Å². The van der Waals surface area contributed by atoms with Gasteiger partial charge < -0.3 is 4.90 Å². The minimum atomic E-state index is 0.165. The van der Waals surface area contributed by atoms with Gasteiger partial charge in [-0.15, -0.1) is 0 Å². The van der Waals surface area contributed by atoms with E-state index in [0.717, 1.165) is 58.7 Å². The summed E-state index contributed by atoms with van der Waals surface area (Å²) in [5.74, 6) is 7.30. The maximum absolute atomic E-state index is 11.8. The molecule has 1 heterocycles. The molecule has 1 saturated carbocycles. The van der Waals surface area contributed by atoms with Crippen molar-refractivity contribution in [3.63, 3.8) is 0 Å². The number of piperazine rings is 1. The van der Waals surface area contributed by atoms with Gasteiger partial charge in [0, 0.05) is 58.7 Å². The van der Waals surface area contributed by atoms with Crippen molar-refractivity contribution in [1.82, 2.24) is 14.8 Å². The molecule has 0 bridgehead atoms. The highest BCUT2D eigenvalue weighted by Gasteiger charge is 2.29. The van der Waals surface area contributed by atoms with Gasteiger partial charge in [-0.05, 0) is 25.7 Å². The largest absolute Gasteiger partial charge is 0.340 e. The quantitative estimate of drug-likeness (QED) is 0.576. The zero-order valence-electron chi connectivity index (χ0n) is 14.7. The number of hydrogen-bond acceptors (Lipinski definition) is 5. The summed E-state index contributed by atoms with van der Waals surface area (Å²) in [5, 5.41) is 1.89. The number of hydrogen-bond donors (Lipinski definition) is 1. The number of carbonyl (C=O) groups is 2. The molecule has 6 heteroatoms. The maximum Gasteiger partial charge on any atom is 0.219 e. The van der Waals surface area contributed by atoms with E-state index >= 15 is 0 Å². The van der Waals surface area contributed by atoms with Gasteiger partial charge in [-0.2, -0.15) is 0 Å². The monoisotopic (exact) mass is 324 g/mol. The molecule has 2 N–H and O–H groups in total. The summed E-state index contributed by atoms with van der Waals surface area (Å²) in [7, 11) is 0. The van der Waals surface area contributed by atoms with Gasteiger partial charge >= 0.3 is 0 Å². The lowest BCUT2D eigenvalue weighted by atomic mass is 9.77. The zero-order valence-corrected chi connectivity index (χ0v) is 14.7. The van der Waals surface area contributed by atoms with Crippen LogP contribution < -0.4 is 5.84 Å².